The molecule has 5 nitrogen and oxygen atoms in total. The number of ether oxygens (including phenoxy) is 3. The lowest BCUT2D eigenvalue weighted by molar-refractivity contribution is 0.353. The van der Waals surface area contributed by atoms with Gasteiger partial charge in [0.2, 0.25) is 0 Å². The molecular formula is C19H21NO4. The van der Waals surface area contributed by atoms with Crippen LogP contribution in [0.4, 0.5) is 0 Å². The average Bonchev–Trinajstić information content (AvgIpc) is 2.62. The molecule has 0 saturated carbocycles. The second-order valence-corrected chi connectivity index (χ2v) is 6.17. The van der Waals surface area contributed by atoms with E-state index in [2.05, 4.69) is 11.4 Å². The van der Waals surface area contributed by atoms with Gasteiger partial charge in [-0.1, -0.05) is 6.07 Å². The standard InChI is InChI=1S/C19H21NO4/c1-22-13-5-4-10-8-12-15-11(6-7-20-12)9-14(23-2)18(21)17(15)16(10)19(13)24-3/h4-5,9,12,20-21H,6-8H2,1-3H3/t12-/m0/s1. The van der Waals surface area contributed by atoms with Gasteiger partial charge in [-0.3, -0.25) is 0 Å². The molecule has 2 aliphatic rings. The molecule has 0 unspecified atom stereocenters. The van der Waals surface area contributed by atoms with Gasteiger partial charge >= 0.3 is 0 Å². The van der Waals surface area contributed by atoms with E-state index in [-0.39, 0.29) is 11.8 Å². The quantitative estimate of drug-likeness (QED) is 0.908. The van der Waals surface area contributed by atoms with Crippen LogP contribution in [-0.2, 0) is 12.8 Å². The molecule has 2 aromatic carbocycles. The smallest absolute Gasteiger partial charge is 0.168 e. The molecule has 0 spiro atoms. The fraction of sp³-hybridized carbons (Fsp3) is 0.368. The maximum Gasteiger partial charge on any atom is 0.168 e. The maximum atomic E-state index is 10.9. The normalized spacial score (nSPS) is 17.7. The fourth-order valence-corrected chi connectivity index (χ4v) is 4.02. The van der Waals surface area contributed by atoms with E-state index in [4.69, 9.17) is 14.2 Å². The molecule has 4 rings (SSSR count). The van der Waals surface area contributed by atoms with Crippen LogP contribution in [0.5, 0.6) is 23.0 Å². The zero-order valence-corrected chi connectivity index (χ0v) is 14.1. The van der Waals surface area contributed by atoms with Crippen LogP contribution in [0.3, 0.4) is 0 Å². The van der Waals surface area contributed by atoms with Gasteiger partial charge in [-0.2, -0.15) is 0 Å². The van der Waals surface area contributed by atoms with Crippen LogP contribution in [-0.4, -0.2) is 33.0 Å². The maximum absolute atomic E-state index is 10.9. The van der Waals surface area contributed by atoms with Crippen molar-refractivity contribution in [1.29, 1.82) is 0 Å². The highest BCUT2D eigenvalue weighted by Gasteiger charge is 2.35. The summed E-state index contributed by atoms with van der Waals surface area (Å²) in [5, 5.41) is 14.4. The Kier molecular flexibility index (Phi) is 3.53. The third-order valence-electron chi connectivity index (χ3n) is 5.05. The van der Waals surface area contributed by atoms with Crippen molar-refractivity contribution in [3.8, 4) is 34.1 Å². The Morgan fingerprint density at radius 1 is 1.00 bits per heavy atom. The molecule has 0 saturated heterocycles. The summed E-state index contributed by atoms with van der Waals surface area (Å²) in [5.41, 5.74) is 5.22. The third-order valence-corrected chi connectivity index (χ3v) is 5.05. The SMILES string of the molecule is COc1cc2c3c(c1O)-c1c(ccc(OC)c1OC)C[C@@H]3NCC2. The Morgan fingerprint density at radius 2 is 1.79 bits per heavy atom. The van der Waals surface area contributed by atoms with Gasteiger partial charge in [-0.25, -0.2) is 0 Å². The summed E-state index contributed by atoms with van der Waals surface area (Å²) >= 11 is 0. The zero-order chi connectivity index (χ0) is 16.8. The van der Waals surface area contributed by atoms with Crippen LogP contribution in [0.2, 0.25) is 0 Å². The highest BCUT2D eigenvalue weighted by molar-refractivity contribution is 5.88. The summed E-state index contributed by atoms with van der Waals surface area (Å²) in [5.74, 6) is 1.98. The van der Waals surface area contributed by atoms with Gasteiger partial charge in [-0.15, -0.1) is 0 Å². The Balaban J connectivity index is 2.10. The number of hydrogen-bond acceptors (Lipinski definition) is 5. The van der Waals surface area contributed by atoms with E-state index >= 15 is 0 Å². The van der Waals surface area contributed by atoms with Gasteiger partial charge in [0, 0.05) is 17.2 Å². The highest BCUT2D eigenvalue weighted by atomic mass is 16.5. The number of nitrogens with one attached hydrogen (secondary N) is 1. The minimum atomic E-state index is 0.164. The molecule has 0 amide bonds. The monoisotopic (exact) mass is 327 g/mol. The van der Waals surface area contributed by atoms with Crippen molar-refractivity contribution in [3.63, 3.8) is 0 Å². The van der Waals surface area contributed by atoms with E-state index in [1.165, 1.54) is 5.56 Å². The average molecular weight is 327 g/mol. The second kappa shape index (κ2) is 5.60. The van der Waals surface area contributed by atoms with E-state index in [0.29, 0.717) is 17.2 Å². The van der Waals surface area contributed by atoms with Gasteiger partial charge in [0.1, 0.15) is 0 Å². The lowest BCUT2D eigenvalue weighted by Gasteiger charge is -2.35. The number of phenols is 1. The van der Waals surface area contributed by atoms with E-state index in [9.17, 15) is 5.11 Å². The number of fused-ring (bicyclic) bond motifs is 2. The molecule has 0 bridgehead atoms. The van der Waals surface area contributed by atoms with Gasteiger partial charge < -0.3 is 24.6 Å². The molecule has 1 aliphatic heterocycles. The van der Waals surface area contributed by atoms with Crippen LogP contribution in [0.1, 0.15) is 22.7 Å². The van der Waals surface area contributed by atoms with Crippen molar-refractivity contribution in [1.82, 2.24) is 5.32 Å². The van der Waals surface area contributed by atoms with E-state index in [1.807, 2.05) is 12.1 Å². The summed E-state index contributed by atoms with van der Waals surface area (Å²) in [7, 11) is 4.84. The molecule has 1 atom stereocenters. The Hall–Kier alpha value is -2.40. The number of phenolic OH excluding ortho intramolecular Hbond substituents is 1. The summed E-state index contributed by atoms with van der Waals surface area (Å²) in [6.07, 6.45) is 1.78. The molecule has 1 heterocycles. The predicted molar refractivity (Wildman–Crippen MR) is 91.4 cm³/mol. The fourth-order valence-electron chi connectivity index (χ4n) is 4.02. The molecule has 126 valence electrons. The van der Waals surface area contributed by atoms with Crippen molar-refractivity contribution in [2.75, 3.05) is 27.9 Å². The van der Waals surface area contributed by atoms with Gasteiger partial charge in [0.15, 0.2) is 23.0 Å². The Bertz CT molecular complexity index is 816. The number of rotatable bonds is 3. The van der Waals surface area contributed by atoms with Crippen molar-refractivity contribution in [2.24, 2.45) is 0 Å². The minimum absolute atomic E-state index is 0.164. The minimum Gasteiger partial charge on any atom is -0.504 e. The first-order valence-corrected chi connectivity index (χ1v) is 8.10. The van der Waals surface area contributed by atoms with Gasteiger partial charge in [0.25, 0.3) is 0 Å². The Labute approximate surface area is 141 Å². The van der Waals surface area contributed by atoms with Crippen LogP contribution >= 0.6 is 0 Å². The predicted octanol–water partition coefficient (Wildman–Crippen LogP) is 2.83. The molecule has 5 heteroatoms. The van der Waals surface area contributed by atoms with Crippen molar-refractivity contribution >= 4 is 0 Å². The Morgan fingerprint density at radius 3 is 2.50 bits per heavy atom. The van der Waals surface area contributed by atoms with E-state index < -0.39 is 0 Å². The molecule has 24 heavy (non-hydrogen) atoms. The van der Waals surface area contributed by atoms with Gasteiger partial charge in [0.05, 0.1) is 21.3 Å². The molecule has 2 aromatic rings. The summed E-state index contributed by atoms with van der Waals surface area (Å²) in [6, 6.07) is 6.13. The third kappa shape index (κ3) is 1.97. The van der Waals surface area contributed by atoms with Gasteiger partial charge in [-0.05, 0) is 48.2 Å². The molecule has 2 N–H and O–H groups in total. The first kappa shape index (κ1) is 15.1. The molecule has 1 aliphatic carbocycles. The number of aromatic hydroxyl groups is 1. The first-order valence-electron chi connectivity index (χ1n) is 8.10. The lowest BCUT2D eigenvalue weighted by Crippen LogP contribution is -2.33. The number of benzene rings is 2. The molecular weight excluding hydrogens is 306 g/mol. The van der Waals surface area contributed by atoms with E-state index in [0.717, 1.165) is 41.6 Å². The highest BCUT2D eigenvalue weighted by Crippen LogP contribution is 2.54. The van der Waals surface area contributed by atoms with E-state index in [1.54, 1.807) is 21.3 Å². The van der Waals surface area contributed by atoms with Crippen LogP contribution in [0.15, 0.2) is 18.2 Å². The molecule has 0 radical (unpaired) electrons. The van der Waals surface area contributed by atoms with Crippen molar-refractivity contribution < 1.29 is 19.3 Å². The second-order valence-electron chi connectivity index (χ2n) is 6.17. The summed E-state index contributed by atoms with van der Waals surface area (Å²) < 4.78 is 16.5. The molecule has 0 aromatic heterocycles. The molecule has 0 fully saturated rings. The van der Waals surface area contributed by atoms with Crippen molar-refractivity contribution in [3.05, 3.63) is 34.9 Å². The zero-order valence-electron chi connectivity index (χ0n) is 14.1. The summed E-state index contributed by atoms with van der Waals surface area (Å²) in [4.78, 5) is 0. The topological polar surface area (TPSA) is 60.0 Å². The first-order chi connectivity index (χ1) is 11.7. The van der Waals surface area contributed by atoms with Crippen LogP contribution in [0.25, 0.3) is 11.1 Å². The largest absolute Gasteiger partial charge is 0.504 e. The number of methoxy groups -OCH3 is 3. The summed E-state index contributed by atoms with van der Waals surface area (Å²) in [6.45, 7) is 0.924. The lowest BCUT2D eigenvalue weighted by atomic mass is 9.77. The van der Waals surface area contributed by atoms with Crippen LogP contribution < -0.4 is 19.5 Å². The van der Waals surface area contributed by atoms with Crippen molar-refractivity contribution in [2.45, 2.75) is 18.9 Å². The number of hydrogen-bond donors (Lipinski definition) is 2. The van der Waals surface area contributed by atoms with Crippen LogP contribution in [0, 0.1) is 0 Å².